The summed E-state index contributed by atoms with van der Waals surface area (Å²) in [6.45, 7) is 9.05. The van der Waals surface area contributed by atoms with Gasteiger partial charge in [0.15, 0.2) is 0 Å². The van der Waals surface area contributed by atoms with Crippen LogP contribution < -0.4 is 5.73 Å². The molecule has 2 heteroatoms. The monoisotopic (exact) mass is 156 g/mol. The third-order valence-electron chi connectivity index (χ3n) is 3.32. The molecule has 0 aromatic rings. The summed E-state index contributed by atoms with van der Waals surface area (Å²) >= 11 is 0. The number of nitrogens with zero attached hydrogens (tertiary/aromatic N) is 1. The highest BCUT2D eigenvalue weighted by Crippen LogP contribution is 2.33. The van der Waals surface area contributed by atoms with E-state index in [0.717, 1.165) is 6.54 Å². The van der Waals surface area contributed by atoms with Crippen molar-refractivity contribution in [1.82, 2.24) is 4.90 Å². The summed E-state index contributed by atoms with van der Waals surface area (Å²) in [7, 11) is 2.14. The number of piperidine rings is 1. The van der Waals surface area contributed by atoms with Gasteiger partial charge in [-0.15, -0.1) is 0 Å². The van der Waals surface area contributed by atoms with Crippen LogP contribution in [0.1, 0.15) is 20.8 Å². The van der Waals surface area contributed by atoms with Crippen LogP contribution in [0.3, 0.4) is 0 Å². The molecule has 11 heavy (non-hydrogen) atoms. The van der Waals surface area contributed by atoms with E-state index in [4.69, 9.17) is 5.73 Å². The zero-order valence-corrected chi connectivity index (χ0v) is 8.09. The minimum Gasteiger partial charge on any atom is -0.326 e. The second-order valence-corrected chi connectivity index (χ2v) is 4.55. The minimum absolute atomic E-state index is 0.312. The molecular formula is C9H20N2. The molecule has 0 bridgehead atoms. The molecule has 1 heterocycles. The lowest BCUT2D eigenvalue weighted by molar-refractivity contribution is 0.0636. The Morgan fingerprint density at radius 3 is 2.36 bits per heavy atom. The van der Waals surface area contributed by atoms with Crippen LogP contribution in [0.2, 0.25) is 0 Å². The summed E-state index contributed by atoms with van der Waals surface area (Å²) in [4.78, 5) is 2.32. The van der Waals surface area contributed by atoms with Gasteiger partial charge in [-0.3, -0.25) is 0 Å². The van der Waals surface area contributed by atoms with Crippen LogP contribution in [0.25, 0.3) is 0 Å². The zero-order valence-electron chi connectivity index (χ0n) is 8.09. The Morgan fingerprint density at radius 1 is 1.36 bits per heavy atom. The summed E-state index contributed by atoms with van der Waals surface area (Å²) in [5, 5.41) is 0. The molecule has 2 nitrogen and oxygen atoms in total. The smallest absolute Gasteiger partial charge is 0.0222 e. The maximum Gasteiger partial charge on any atom is 0.0222 e. The van der Waals surface area contributed by atoms with Crippen LogP contribution in [0.4, 0.5) is 0 Å². The van der Waals surface area contributed by atoms with Crippen molar-refractivity contribution in [2.45, 2.75) is 26.8 Å². The number of likely N-dealkylation sites (tertiary alicyclic amines) is 1. The highest BCUT2D eigenvalue weighted by molar-refractivity contribution is 4.92. The fourth-order valence-electron chi connectivity index (χ4n) is 1.71. The van der Waals surface area contributed by atoms with Crippen molar-refractivity contribution in [3.8, 4) is 0 Å². The van der Waals surface area contributed by atoms with Crippen LogP contribution in [-0.2, 0) is 0 Å². The van der Waals surface area contributed by atoms with Crippen molar-refractivity contribution in [3.63, 3.8) is 0 Å². The van der Waals surface area contributed by atoms with E-state index >= 15 is 0 Å². The number of hydrogen-bond acceptors (Lipinski definition) is 2. The molecule has 1 rings (SSSR count). The average molecular weight is 156 g/mol. The Hall–Kier alpha value is -0.0800. The Kier molecular flexibility index (Phi) is 2.26. The van der Waals surface area contributed by atoms with Gasteiger partial charge < -0.3 is 10.6 Å². The number of rotatable bonds is 0. The van der Waals surface area contributed by atoms with Gasteiger partial charge in [-0.05, 0) is 18.4 Å². The van der Waals surface area contributed by atoms with Gasteiger partial charge in [-0.1, -0.05) is 20.8 Å². The van der Waals surface area contributed by atoms with Gasteiger partial charge in [0, 0.05) is 19.1 Å². The molecule has 2 atom stereocenters. The van der Waals surface area contributed by atoms with E-state index in [1.165, 1.54) is 6.54 Å². The first-order valence-corrected chi connectivity index (χ1v) is 4.38. The van der Waals surface area contributed by atoms with E-state index in [1.54, 1.807) is 0 Å². The molecule has 0 unspecified atom stereocenters. The van der Waals surface area contributed by atoms with Gasteiger partial charge in [-0.25, -0.2) is 0 Å². The largest absolute Gasteiger partial charge is 0.326 e. The lowest BCUT2D eigenvalue weighted by atomic mass is 9.71. The number of hydrogen-bond donors (Lipinski definition) is 1. The number of likely N-dealkylation sites (N-methyl/N-ethyl adjacent to an activating group) is 1. The summed E-state index contributed by atoms with van der Waals surface area (Å²) in [6, 6.07) is 0.330. The molecule has 0 amide bonds. The van der Waals surface area contributed by atoms with E-state index in [-0.39, 0.29) is 0 Å². The highest BCUT2D eigenvalue weighted by atomic mass is 15.1. The van der Waals surface area contributed by atoms with Crippen LogP contribution >= 0.6 is 0 Å². The first-order valence-electron chi connectivity index (χ1n) is 4.38. The van der Waals surface area contributed by atoms with E-state index in [1.807, 2.05) is 0 Å². The van der Waals surface area contributed by atoms with Gasteiger partial charge in [0.2, 0.25) is 0 Å². The van der Waals surface area contributed by atoms with Crippen molar-refractivity contribution in [3.05, 3.63) is 0 Å². The fourth-order valence-corrected chi connectivity index (χ4v) is 1.71. The van der Waals surface area contributed by atoms with E-state index in [0.29, 0.717) is 17.4 Å². The Labute approximate surface area is 69.8 Å². The van der Waals surface area contributed by atoms with Gasteiger partial charge in [0.05, 0.1) is 0 Å². The van der Waals surface area contributed by atoms with Crippen LogP contribution in [0.5, 0.6) is 0 Å². The summed E-state index contributed by atoms with van der Waals surface area (Å²) < 4.78 is 0. The molecule has 0 spiro atoms. The van der Waals surface area contributed by atoms with Crippen LogP contribution in [-0.4, -0.2) is 31.1 Å². The Morgan fingerprint density at radius 2 is 1.91 bits per heavy atom. The van der Waals surface area contributed by atoms with Gasteiger partial charge in [-0.2, -0.15) is 0 Å². The van der Waals surface area contributed by atoms with Gasteiger partial charge in [0.25, 0.3) is 0 Å². The van der Waals surface area contributed by atoms with E-state index in [2.05, 4.69) is 32.7 Å². The normalized spacial score (nSPS) is 39.0. The Balaban J connectivity index is 2.67. The molecule has 66 valence electrons. The van der Waals surface area contributed by atoms with Crippen molar-refractivity contribution in [2.24, 2.45) is 17.1 Å². The molecule has 0 aromatic carbocycles. The van der Waals surface area contributed by atoms with Crippen molar-refractivity contribution < 1.29 is 0 Å². The molecule has 1 aliphatic rings. The maximum absolute atomic E-state index is 6.05. The highest BCUT2D eigenvalue weighted by Gasteiger charge is 2.37. The standard InChI is InChI=1S/C9H20N2/c1-7-5-11(4)6-8(10)9(7,2)3/h7-8H,5-6,10H2,1-4H3/t7-,8+/m1/s1. The third-order valence-corrected chi connectivity index (χ3v) is 3.32. The first kappa shape index (κ1) is 9.01. The van der Waals surface area contributed by atoms with E-state index < -0.39 is 0 Å². The SMILES string of the molecule is C[C@@H]1CN(C)C[C@H](N)C1(C)C. The predicted octanol–water partition coefficient (Wildman–Crippen LogP) is 0.921. The zero-order chi connectivity index (χ0) is 8.65. The van der Waals surface area contributed by atoms with Crippen LogP contribution in [0, 0.1) is 11.3 Å². The second-order valence-electron chi connectivity index (χ2n) is 4.55. The lowest BCUT2D eigenvalue weighted by Gasteiger charge is -2.45. The molecule has 1 saturated heterocycles. The molecule has 1 aliphatic heterocycles. The quantitative estimate of drug-likeness (QED) is 0.565. The minimum atomic E-state index is 0.312. The fraction of sp³-hybridized carbons (Fsp3) is 1.00. The molecule has 0 radical (unpaired) electrons. The maximum atomic E-state index is 6.05. The second kappa shape index (κ2) is 2.76. The predicted molar refractivity (Wildman–Crippen MR) is 48.4 cm³/mol. The summed E-state index contributed by atoms with van der Waals surface area (Å²) in [6.07, 6.45) is 0. The van der Waals surface area contributed by atoms with Crippen molar-refractivity contribution in [2.75, 3.05) is 20.1 Å². The summed E-state index contributed by atoms with van der Waals surface area (Å²) in [5.41, 5.74) is 6.36. The van der Waals surface area contributed by atoms with Gasteiger partial charge >= 0.3 is 0 Å². The molecule has 0 aromatic heterocycles. The molecule has 0 aliphatic carbocycles. The van der Waals surface area contributed by atoms with Gasteiger partial charge in [0.1, 0.15) is 0 Å². The summed E-state index contributed by atoms with van der Waals surface area (Å²) in [5.74, 6) is 0.705. The average Bonchev–Trinajstić information content (AvgIpc) is 1.84. The number of nitrogens with two attached hydrogens (primary N) is 1. The van der Waals surface area contributed by atoms with Crippen molar-refractivity contribution in [1.29, 1.82) is 0 Å². The molecule has 2 N–H and O–H groups in total. The Bertz CT molecular complexity index is 128. The molecule has 1 fully saturated rings. The van der Waals surface area contributed by atoms with Crippen molar-refractivity contribution >= 4 is 0 Å². The molecular weight excluding hydrogens is 136 g/mol. The van der Waals surface area contributed by atoms with E-state index in [9.17, 15) is 0 Å². The molecule has 0 saturated carbocycles. The third kappa shape index (κ3) is 1.57. The van der Waals surface area contributed by atoms with Crippen LogP contribution in [0.15, 0.2) is 0 Å². The first-order chi connectivity index (χ1) is 4.94. The lowest BCUT2D eigenvalue weighted by Crippen LogP contribution is -2.55. The topological polar surface area (TPSA) is 29.3 Å².